The standard InChI is InChI=1S/C78H95N5O24/c1-47-61(86)64(89)58(40-80-76(92)98-43-51-25-13-5-14-26-51)101-71(47)106-67-59(41-84)102-74(69(67)95-38-37-83(36-34-49-21-9-3-10-22-49)78(94)100-45-53-29-17-7-18-30-53)107-68-63(88)55(81-70(90)57(85)33-35-79-75(91)97-42-50-23-11-4-12-24-50)39-56(82-77(93)99-44-52-27-15-6-16-28-52)65(68)104-72-48(2)62(87)66-60(103-72)46-96-73(105-66)54-31-19-8-20-32-54/h3-32,47-48,55-69,71-74,84-89H,33-46H2,1-2H3,(H,79,91)(H,80,92)(H,81,90)(H,82,93)/t47-,48-,55-,56+,57+,58+,59-,60-,61-,62-,63+,64-,65-,66-,67-,68-,69-,71-,72-,73?,74+/m1/s1. The Labute approximate surface area is 619 Å². The van der Waals surface area contributed by atoms with Gasteiger partial charge in [0.1, 0.15) is 93.6 Å². The number of rotatable bonds is 31. The lowest BCUT2D eigenvalue weighted by Gasteiger charge is -2.50. The highest BCUT2D eigenvalue weighted by atomic mass is 16.8. The first-order valence-electron chi connectivity index (χ1n) is 36.0. The molecule has 576 valence electrons. The number of hydrogen-bond acceptors (Lipinski definition) is 24. The van der Waals surface area contributed by atoms with Crippen molar-refractivity contribution in [1.82, 2.24) is 26.2 Å². The normalized spacial score (nSPS) is 29.2. The number of fused-ring (bicyclic) bond motifs is 1. The highest BCUT2D eigenvalue weighted by molar-refractivity contribution is 5.81. The summed E-state index contributed by atoms with van der Waals surface area (Å²) < 4.78 is 82.1. The molecule has 0 radical (unpaired) electrons. The summed E-state index contributed by atoms with van der Waals surface area (Å²) in [6.07, 6.45) is -28.3. The number of hydrogen-bond donors (Lipinski definition) is 10. The van der Waals surface area contributed by atoms with Gasteiger partial charge in [-0.3, -0.25) is 4.79 Å². The van der Waals surface area contributed by atoms with E-state index in [1.165, 1.54) is 11.8 Å². The van der Waals surface area contributed by atoms with Crippen LogP contribution in [0.3, 0.4) is 0 Å². The molecule has 0 spiro atoms. The van der Waals surface area contributed by atoms with Gasteiger partial charge in [-0.1, -0.05) is 196 Å². The summed E-state index contributed by atoms with van der Waals surface area (Å²) in [6, 6.07) is 51.5. The predicted molar refractivity (Wildman–Crippen MR) is 378 cm³/mol. The molecule has 6 aromatic rings. The van der Waals surface area contributed by atoms with E-state index >= 15 is 0 Å². The first kappa shape index (κ1) is 79.3. The van der Waals surface area contributed by atoms with E-state index in [0.717, 1.165) is 16.7 Å². The van der Waals surface area contributed by atoms with Crippen LogP contribution in [0, 0.1) is 11.8 Å². The van der Waals surface area contributed by atoms with Crippen LogP contribution in [-0.2, 0) is 99.2 Å². The highest BCUT2D eigenvalue weighted by Gasteiger charge is 2.57. The fraction of sp³-hybridized carbons (Fsp3) is 0.474. The summed E-state index contributed by atoms with van der Waals surface area (Å²) in [4.78, 5) is 70.2. The topological polar surface area (TPSA) is 378 Å². The number of benzene rings is 6. The lowest BCUT2D eigenvalue weighted by Crippen LogP contribution is -2.68. The average molecular weight is 1490 g/mol. The maximum atomic E-state index is 14.4. The third-order valence-corrected chi connectivity index (χ3v) is 19.4. The van der Waals surface area contributed by atoms with E-state index in [1.807, 2.05) is 103 Å². The summed E-state index contributed by atoms with van der Waals surface area (Å²) in [5.74, 6) is -2.98. The number of amides is 5. The van der Waals surface area contributed by atoms with Crippen molar-refractivity contribution in [2.24, 2.45) is 11.8 Å². The van der Waals surface area contributed by atoms with Crippen molar-refractivity contribution in [3.05, 3.63) is 215 Å². The number of carbonyl (C=O) groups excluding carboxylic acids is 5. The lowest BCUT2D eigenvalue weighted by atomic mass is 9.82. The average Bonchev–Trinajstić information content (AvgIpc) is 1.74. The second kappa shape index (κ2) is 39.4. The molecule has 5 amide bonds. The Morgan fingerprint density at radius 3 is 1.60 bits per heavy atom. The maximum Gasteiger partial charge on any atom is 0.410 e. The van der Waals surface area contributed by atoms with Gasteiger partial charge >= 0.3 is 24.4 Å². The second-order valence-corrected chi connectivity index (χ2v) is 27.0. The van der Waals surface area contributed by atoms with E-state index < -0.39 is 165 Å². The molecule has 4 heterocycles. The minimum atomic E-state index is -1.90. The van der Waals surface area contributed by atoms with E-state index in [1.54, 1.807) is 85.8 Å². The van der Waals surface area contributed by atoms with E-state index in [4.69, 9.17) is 61.6 Å². The van der Waals surface area contributed by atoms with Crippen LogP contribution in [0.25, 0.3) is 0 Å². The molecule has 1 saturated carbocycles. The molecule has 21 atom stereocenters. The van der Waals surface area contributed by atoms with E-state index in [9.17, 15) is 54.6 Å². The zero-order valence-corrected chi connectivity index (χ0v) is 59.3. The third-order valence-electron chi connectivity index (χ3n) is 19.4. The van der Waals surface area contributed by atoms with Crippen LogP contribution in [0.4, 0.5) is 19.2 Å². The largest absolute Gasteiger partial charge is 0.445 e. The molecule has 4 aliphatic heterocycles. The van der Waals surface area contributed by atoms with Gasteiger partial charge in [0.05, 0.1) is 44.1 Å². The van der Waals surface area contributed by atoms with Gasteiger partial charge in [0.15, 0.2) is 25.2 Å². The molecule has 5 fully saturated rings. The Morgan fingerprint density at radius 2 is 1.01 bits per heavy atom. The summed E-state index contributed by atoms with van der Waals surface area (Å²) in [5.41, 5.74) is 4.40. The highest BCUT2D eigenvalue weighted by Crippen LogP contribution is 2.41. The van der Waals surface area contributed by atoms with Crippen LogP contribution >= 0.6 is 0 Å². The molecule has 0 aromatic heterocycles. The van der Waals surface area contributed by atoms with Crippen LogP contribution in [0.2, 0.25) is 0 Å². The fourth-order valence-electron chi connectivity index (χ4n) is 13.3. The number of aliphatic hydroxyl groups is 6. The Morgan fingerprint density at radius 1 is 0.505 bits per heavy atom. The van der Waals surface area contributed by atoms with Crippen molar-refractivity contribution >= 4 is 30.3 Å². The monoisotopic (exact) mass is 1490 g/mol. The van der Waals surface area contributed by atoms with Crippen molar-refractivity contribution < 1.29 is 116 Å². The van der Waals surface area contributed by atoms with E-state index in [-0.39, 0.29) is 78.7 Å². The Hall–Kier alpha value is -8.73. The molecule has 11 rings (SSSR count). The number of carbonyl (C=O) groups is 5. The molecule has 1 unspecified atom stereocenters. The molecule has 4 saturated heterocycles. The Bertz CT molecular complexity index is 3700. The van der Waals surface area contributed by atoms with Gasteiger partial charge in [-0.2, -0.15) is 0 Å². The van der Waals surface area contributed by atoms with Crippen LogP contribution in [-0.4, -0.2) is 222 Å². The minimum absolute atomic E-state index is 0.0464. The molecule has 107 heavy (non-hydrogen) atoms. The molecule has 5 aliphatic rings. The minimum Gasteiger partial charge on any atom is -0.445 e. The lowest BCUT2D eigenvalue weighted by molar-refractivity contribution is -0.366. The molecule has 6 aromatic carbocycles. The van der Waals surface area contributed by atoms with E-state index in [0.29, 0.717) is 23.1 Å². The number of alkyl carbamates (subject to hydrolysis) is 3. The van der Waals surface area contributed by atoms with Gasteiger partial charge in [-0.25, -0.2) is 19.2 Å². The maximum absolute atomic E-state index is 14.4. The van der Waals surface area contributed by atoms with Crippen molar-refractivity contribution in [2.45, 2.75) is 176 Å². The Kier molecular flexibility index (Phi) is 29.2. The van der Waals surface area contributed by atoms with Crippen LogP contribution in [0.15, 0.2) is 182 Å². The molecule has 10 N–H and O–H groups in total. The SMILES string of the molecule is C[C@H]1[C@@H](O[C@H]2[C@@H](OCCN(CCc3ccccc3)C(=O)OCc3ccccc3)[C@H](O[C@@H]3[C@@H](O)[C@H](NC(=O)[C@@H](O)CCNC(=O)OCc4ccccc4)C[C@H](NC(=O)OCc4ccccc4)[C@H]3O[C@H]3O[C@@H]4COC(c5ccccc5)O[C@H]4[C@H](O)[C@H]3C)O[C@@H]2CO)O[C@@H](CNC(=O)OCc2ccccc2)[C@@H](O)[C@@H]1O. The summed E-state index contributed by atoms with van der Waals surface area (Å²) >= 11 is 0. The van der Waals surface area contributed by atoms with Crippen molar-refractivity contribution in [3.63, 3.8) is 0 Å². The number of ether oxygens (including phenoxy) is 13. The van der Waals surface area contributed by atoms with Crippen molar-refractivity contribution in [3.8, 4) is 0 Å². The first-order valence-corrected chi connectivity index (χ1v) is 36.0. The number of nitrogens with one attached hydrogen (secondary N) is 4. The number of nitrogens with zero attached hydrogens (tertiary/aromatic N) is 1. The quantitative estimate of drug-likeness (QED) is 0.0250. The van der Waals surface area contributed by atoms with Gasteiger partial charge in [-0.15, -0.1) is 0 Å². The van der Waals surface area contributed by atoms with Gasteiger partial charge < -0.3 is 118 Å². The zero-order valence-electron chi connectivity index (χ0n) is 59.3. The smallest absolute Gasteiger partial charge is 0.410 e. The number of aliphatic hydroxyl groups excluding tert-OH is 6. The van der Waals surface area contributed by atoms with Gasteiger partial charge in [0.2, 0.25) is 5.91 Å². The molecule has 29 heteroatoms. The molecule has 29 nitrogen and oxygen atoms in total. The fourth-order valence-corrected chi connectivity index (χ4v) is 13.3. The van der Waals surface area contributed by atoms with Gasteiger partial charge in [-0.05, 0) is 47.1 Å². The van der Waals surface area contributed by atoms with Crippen LogP contribution in [0.1, 0.15) is 66.4 Å². The van der Waals surface area contributed by atoms with Gasteiger partial charge in [0, 0.05) is 43.6 Å². The third kappa shape index (κ3) is 22.0. The zero-order chi connectivity index (χ0) is 75.2. The van der Waals surface area contributed by atoms with Gasteiger partial charge in [0.25, 0.3) is 0 Å². The van der Waals surface area contributed by atoms with Crippen molar-refractivity contribution in [2.75, 3.05) is 46.0 Å². The predicted octanol–water partition coefficient (Wildman–Crippen LogP) is 5.19. The molecule has 1 aliphatic carbocycles. The second-order valence-electron chi connectivity index (χ2n) is 27.0. The van der Waals surface area contributed by atoms with Crippen LogP contribution < -0.4 is 21.3 Å². The Balaban J connectivity index is 0.905. The molecular formula is C78H95N5O24. The summed E-state index contributed by atoms with van der Waals surface area (Å²) in [6.45, 7) is 0.961. The summed E-state index contributed by atoms with van der Waals surface area (Å²) in [5, 5.41) is 82.0. The van der Waals surface area contributed by atoms with Crippen molar-refractivity contribution in [1.29, 1.82) is 0 Å². The first-order chi connectivity index (χ1) is 52.0. The molecule has 0 bridgehead atoms. The van der Waals surface area contributed by atoms with Crippen LogP contribution in [0.5, 0.6) is 0 Å². The molecular weight excluding hydrogens is 1390 g/mol. The summed E-state index contributed by atoms with van der Waals surface area (Å²) in [7, 11) is 0. The van der Waals surface area contributed by atoms with E-state index in [2.05, 4.69) is 21.3 Å².